The van der Waals surface area contributed by atoms with Crippen molar-refractivity contribution in [1.29, 1.82) is 0 Å². The van der Waals surface area contributed by atoms with E-state index in [2.05, 4.69) is 5.32 Å². The van der Waals surface area contributed by atoms with Crippen LogP contribution < -0.4 is 20.3 Å². The van der Waals surface area contributed by atoms with Crippen molar-refractivity contribution in [3.8, 4) is 22.9 Å². The number of aliphatic hydroxyl groups is 1. The Labute approximate surface area is 239 Å². The highest BCUT2D eigenvalue weighted by atomic mass is 16.7. The van der Waals surface area contributed by atoms with Gasteiger partial charge < -0.3 is 33.9 Å². The molecule has 3 aliphatic rings. The molecule has 0 spiro atoms. The molecule has 11 heteroatoms. The molecule has 2 aromatic heterocycles. The molecule has 2 atom stereocenters. The summed E-state index contributed by atoms with van der Waals surface area (Å²) in [6.07, 6.45) is -0.557. The summed E-state index contributed by atoms with van der Waals surface area (Å²) in [4.78, 5) is 44.1. The third-order valence-corrected chi connectivity index (χ3v) is 8.21. The lowest BCUT2D eigenvalue weighted by atomic mass is 9.86. The molecule has 0 bridgehead atoms. The van der Waals surface area contributed by atoms with Crippen LogP contribution in [-0.4, -0.2) is 33.5 Å². The predicted octanol–water partition coefficient (Wildman–Crippen LogP) is 3.80. The van der Waals surface area contributed by atoms with Crippen LogP contribution in [0.15, 0.2) is 53.3 Å². The molecule has 2 N–H and O–H groups in total. The SMILES string of the molecule is CC[C@@]1(O)C(=O)OCc2c1cc1n(c2=O)Cc2c-1nc1cc3c(cc1c2[C@H](C)NC(=O)OCc1ccccc1)OCO3. The molecule has 3 aliphatic heterocycles. The average molecular weight is 570 g/mol. The van der Waals surface area contributed by atoms with Gasteiger partial charge in [-0.05, 0) is 36.6 Å². The largest absolute Gasteiger partial charge is 0.458 e. The molecule has 5 heterocycles. The molecule has 7 rings (SSSR count). The van der Waals surface area contributed by atoms with Gasteiger partial charge in [-0.3, -0.25) is 4.79 Å². The maximum absolute atomic E-state index is 13.7. The lowest BCUT2D eigenvalue weighted by Crippen LogP contribution is -2.44. The van der Waals surface area contributed by atoms with Crippen LogP contribution in [0.4, 0.5) is 4.79 Å². The van der Waals surface area contributed by atoms with Crippen molar-refractivity contribution >= 4 is 23.0 Å². The fraction of sp³-hybridized carbons (Fsp3) is 0.290. The number of carbonyl (C=O) groups excluding carboxylic acids is 2. The molecule has 0 fully saturated rings. The first-order valence-electron chi connectivity index (χ1n) is 13.7. The molecule has 1 amide bonds. The Morgan fingerprint density at radius 2 is 1.88 bits per heavy atom. The summed E-state index contributed by atoms with van der Waals surface area (Å²) in [6.45, 7) is 3.64. The van der Waals surface area contributed by atoms with Gasteiger partial charge >= 0.3 is 12.1 Å². The maximum atomic E-state index is 13.7. The first-order chi connectivity index (χ1) is 20.3. The smallest absolute Gasteiger partial charge is 0.407 e. The standard InChI is InChI=1S/C31H27N3O8/c1-3-31(38)21-10-23-27-19(12-34(23)28(35)20(21)14-39-29(31)36)26(18-9-24-25(42-15-41-24)11-22(18)33-27)16(2)32-30(37)40-13-17-7-5-4-6-8-17/h4-11,16,38H,3,12-15H2,1-2H3,(H,32,37)/t16-,31-/m0/s1. The molecular weight excluding hydrogens is 542 g/mol. The number of carbonyl (C=O) groups is 2. The number of amides is 1. The summed E-state index contributed by atoms with van der Waals surface area (Å²) in [5.41, 5.74) is 2.04. The van der Waals surface area contributed by atoms with Gasteiger partial charge in [-0.15, -0.1) is 0 Å². The minimum absolute atomic E-state index is 0.0422. The van der Waals surface area contributed by atoms with Gasteiger partial charge in [-0.25, -0.2) is 14.6 Å². The number of aromatic nitrogens is 2. The van der Waals surface area contributed by atoms with Crippen molar-refractivity contribution in [2.24, 2.45) is 0 Å². The Kier molecular flexibility index (Phi) is 5.94. The van der Waals surface area contributed by atoms with Crippen LogP contribution >= 0.6 is 0 Å². The molecule has 2 aromatic carbocycles. The summed E-state index contributed by atoms with van der Waals surface area (Å²) in [6, 6.07) is 14.1. The molecule has 0 radical (unpaired) electrons. The number of benzene rings is 2. The van der Waals surface area contributed by atoms with Crippen LogP contribution in [0.25, 0.3) is 22.3 Å². The minimum atomic E-state index is -1.94. The van der Waals surface area contributed by atoms with Gasteiger partial charge in [0.15, 0.2) is 17.1 Å². The van der Waals surface area contributed by atoms with E-state index in [-0.39, 0.29) is 49.7 Å². The van der Waals surface area contributed by atoms with E-state index in [4.69, 9.17) is 23.9 Å². The summed E-state index contributed by atoms with van der Waals surface area (Å²) in [5.74, 6) is 0.302. The number of nitrogens with zero attached hydrogens (tertiary/aromatic N) is 2. The van der Waals surface area contributed by atoms with Gasteiger partial charge in [0, 0.05) is 22.6 Å². The zero-order valence-electron chi connectivity index (χ0n) is 22.9. The quantitative estimate of drug-likeness (QED) is 0.303. The number of esters is 1. The number of hydrogen-bond acceptors (Lipinski definition) is 9. The van der Waals surface area contributed by atoms with Crippen molar-refractivity contribution in [3.05, 3.63) is 86.7 Å². The van der Waals surface area contributed by atoms with E-state index in [1.54, 1.807) is 23.6 Å². The average Bonchev–Trinajstić information content (AvgIpc) is 3.60. The molecule has 0 saturated heterocycles. The molecular formula is C31H27N3O8. The molecule has 4 aromatic rings. The number of hydrogen-bond donors (Lipinski definition) is 2. The van der Waals surface area contributed by atoms with Crippen LogP contribution in [0.5, 0.6) is 11.5 Å². The van der Waals surface area contributed by atoms with Crippen molar-refractivity contribution in [1.82, 2.24) is 14.9 Å². The number of nitrogens with one attached hydrogen (secondary N) is 1. The maximum Gasteiger partial charge on any atom is 0.407 e. The van der Waals surface area contributed by atoms with Gasteiger partial charge in [-0.1, -0.05) is 37.3 Å². The number of alkyl carbamates (subject to hydrolysis) is 1. The number of ether oxygens (including phenoxy) is 4. The fourth-order valence-corrected chi connectivity index (χ4v) is 6.01. The predicted molar refractivity (Wildman–Crippen MR) is 149 cm³/mol. The Balaban J connectivity index is 1.34. The third kappa shape index (κ3) is 3.92. The molecule has 11 nitrogen and oxygen atoms in total. The molecule has 0 saturated carbocycles. The van der Waals surface area contributed by atoms with Crippen LogP contribution in [0.2, 0.25) is 0 Å². The summed E-state index contributed by atoms with van der Waals surface area (Å²) >= 11 is 0. The third-order valence-electron chi connectivity index (χ3n) is 8.21. The molecule has 214 valence electrons. The Morgan fingerprint density at radius 1 is 1.12 bits per heavy atom. The number of pyridine rings is 2. The second kappa shape index (κ2) is 9.59. The fourth-order valence-electron chi connectivity index (χ4n) is 6.01. The summed E-state index contributed by atoms with van der Waals surface area (Å²) in [5, 5.41) is 14.9. The number of rotatable bonds is 5. The van der Waals surface area contributed by atoms with Crippen molar-refractivity contribution in [3.63, 3.8) is 0 Å². The van der Waals surface area contributed by atoms with Gasteiger partial charge in [-0.2, -0.15) is 0 Å². The second-order valence-electron chi connectivity index (χ2n) is 10.6. The zero-order valence-corrected chi connectivity index (χ0v) is 22.9. The van der Waals surface area contributed by atoms with Crippen LogP contribution in [0.3, 0.4) is 0 Å². The highest BCUT2D eigenvalue weighted by molar-refractivity contribution is 5.92. The van der Waals surface area contributed by atoms with Gasteiger partial charge in [0.2, 0.25) is 6.79 Å². The van der Waals surface area contributed by atoms with Crippen LogP contribution in [0, 0.1) is 0 Å². The normalized spacial score (nSPS) is 18.6. The lowest BCUT2D eigenvalue weighted by molar-refractivity contribution is -0.172. The minimum Gasteiger partial charge on any atom is -0.458 e. The van der Waals surface area contributed by atoms with E-state index in [0.717, 1.165) is 22.1 Å². The van der Waals surface area contributed by atoms with E-state index in [9.17, 15) is 19.5 Å². The van der Waals surface area contributed by atoms with E-state index < -0.39 is 23.7 Å². The summed E-state index contributed by atoms with van der Waals surface area (Å²) in [7, 11) is 0. The van der Waals surface area contributed by atoms with E-state index in [0.29, 0.717) is 28.4 Å². The van der Waals surface area contributed by atoms with Gasteiger partial charge in [0.05, 0.1) is 35.1 Å². The number of fused-ring (bicyclic) bond motifs is 6. The van der Waals surface area contributed by atoms with E-state index in [1.165, 1.54) is 0 Å². The molecule has 0 unspecified atom stereocenters. The van der Waals surface area contributed by atoms with Gasteiger partial charge in [0.25, 0.3) is 5.56 Å². The molecule has 0 aliphatic carbocycles. The Bertz CT molecular complexity index is 1850. The van der Waals surface area contributed by atoms with E-state index >= 15 is 0 Å². The highest BCUT2D eigenvalue weighted by Crippen LogP contribution is 2.44. The topological polar surface area (TPSA) is 138 Å². The zero-order chi connectivity index (χ0) is 29.2. The van der Waals surface area contributed by atoms with Crippen LogP contribution in [0.1, 0.15) is 54.1 Å². The Morgan fingerprint density at radius 3 is 2.64 bits per heavy atom. The van der Waals surface area contributed by atoms with Crippen molar-refractivity contribution in [2.45, 2.75) is 51.7 Å². The van der Waals surface area contributed by atoms with Crippen molar-refractivity contribution in [2.75, 3.05) is 6.79 Å². The Hall–Kier alpha value is -4.90. The van der Waals surface area contributed by atoms with Gasteiger partial charge in [0.1, 0.15) is 13.2 Å². The first-order valence-corrected chi connectivity index (χ1v) is 13.7. The second-order valence-corrected chi connectivity index (χ2v) is 10.6. The highest BCUT2D eigenvalue weighted by Gasteiger charge is 2.45. The first kappa shape index (κ1) is 26.0. The van der Waals surface area contributed by atoms with E-state index in [1.807, 2.05) is 43.3 Å². The number of cyclic esters (lactones) is 1. The van der Waals surface area contributed by atoms with Crippen LogP contribution in [-0.2, 0) is 39.6 Å². The monoisotopic (exact) mass is 569 g/mol. The molecule has 42 heavy (non-hydrogen) atoms. The lowest BCUT2D eigenvalue weighted by Gasteiger charge is -2.31. The summed E-state index contributed by atoms with van der Waals surface area (Å²) < 4.78 is 23.5. The van der Waals surface area contributed by atoms with Crippen molar-refractivity contribution < 1.29 is 33.6 Å².